The Bertz CT molecular complexity index is 894. The number of alkyl carbamates (subject to hydrolysis) is 1. The van der Waals surface area contributed by atoms with Crippen molar-refractivity contribution >= 4 is 18.0 Å². The van der Waals surface area contributed by atoms with E-state index in [1.807, 2.05) is 60.7 Å². The van der Waals surface area contributed by atoms with Crippen LogP contribution in [-0.4, -0.2) is 36.2 Å². The summed E-state index contributed by atoms with van der Waals surface area (Å²) in [5.41, 5.74) is 1.30. The SMILES string of the molecule is C[C@@H](CC(=O)OC(C)(C)C)C(=O)NC[C@H](Cc1ccccc1)NC(=O)OCc1ccccc1. The average Bonchev–Trinajstić information content (AvgIpc) is 2.76. The van der Waals surface area contributed by atoms with Crippen molar-refractivity contribution in [1.29, 1.82) is 0 Å². The van der Waals surface area contributed by atoms with Crippen LogP contribution in [-0.2, 0) is 32.1 Å². The van der Waals surface area contributed by atoms with Gasteiger partial charge in [0.25, 0.3) is 0 Å². The van der Waals surface area contributed by atoms with Gasteiger partial charge in [0, 0.05) is 12.5 Å². The lowest BCUT2D eigenvalue weighted by Gasteiger charge is -2.22. The van der Waals surface area contributed by atoms with Gasteiger partial charge < -0.3 is 20.1 Å². The van der Waals surface area contributed by atoms with Crippen molar-refractivity contribution in [2.75, 3.05) is 6.54 Å². The standard InChI is InChI=1S/C26H34N2O5/c1-19(15-23(29)33-26(2,3)4)24(30)27-17-22(16-20-11-7-5-8-12-20)28-25(31)32-18-21-13-9-6-10-14-21/h5-14,19,22H,15-18H2,1-4H3,(H,27,30)(H,28,31)/t19-,22-/m0/s1. The number of hydrogen-bond acceptors (Lipinski definition) is 5. The van der Waals surface area contributed by atoms with Crippen molar-refractivity contribution in [1.82, 2.24) is 10.6 Å². The lowest BCUT2D eigenvalue weighted by Crippen LogP contribution is -2.46. The summed E-state index contributed by atoms with van der Waals surface area (Å²) in [5, 5.41) is 5.67. The highest BCUT2D eigenvalue weighted by Crippen LogP contribution is 2.12. The van der Waals surface area contributed by atoms with E-state index >= 15 is 0 Å². The summed E-state index contributed by atoms with van der Waals surface area (Å²) >= 11 is 0. The number of amides is 2. The number of benzene rings is 2. The molecule has 0 fully saturated rings. The molecule has 0 aliphatic carbocycles. The van der Waals surface area contributed by atoms with Gasteiger partial charge in [0.05, 0.1) is 12.5 Å². The molecule has 0 aliphatic heterocycles. The molecule has 0 bridgehead atoms. The highest BCUT2D eigenvalue weighted by molar-refractivity contribution is 5.83. The molecule has 33 heavy (non-hydrogen) atoms. The maximum Gasteiger partial charge on any atom is 0.407 e. The number of nitrogens with one attached hydrogen (secondary N) is 2. The summed E-state index contributed by atoms with van der Waals surface area (Å²) in [7, 11) is 0. The van der Waals surface area contributed by atoms with Crippen LogP contribution in [0.5, 0.6) is 0 Å². The van der Waals surface area contributed by atoms with E-state index in [2.05, 4.69) is 10.6 Å². The second-order valence-corrected chi connectivity index (χ2v) is 9.03. The summed E-state index contributed by atoms with van der Waals surface area (Å²) in [6, 6.07) is 18.7. The number of rotatable bonds is 10. The van der Waals surface area contributed by atoms with Crippen LogP contribution in [0, 0.1) is 5.92 Å². The molecule has 2 aromatic rings. The lowest BCUT2D eigenvalue weighted by atomic mass is 10.0. The zero-order chi connectivity index (χ0) is 24.3. The van der Waals surface area contributed by atoms with Gasteiger partial charge in [-0.05, 0) is 38.3 Å². The van der Waals surface area contributed by atoms with E-state index in [0.29, 0.717) is 6.42 Å². The van der Waals surface area contributed by atoms with Crippen molar-refractivity contribution in [3.63, 3.8) is 0 Å². The van der Waals surface area contributed by atoms with Crippen LogP contribution in [0.1, 0.15) is 45.2 Å². The molecule has 0 spiro atoms. The van der Waals surface area contributed by atoms with Gasteiger partial charge in [-0.25, -0.2) is 4.79 Å². The zero-order valence-electron chi connectivity index (χ0n) is 19.8. The van der Waals surface area contributed by atoms with Gasteiger partial charge in [-0.1, -0.05) is 67.6 Å². The quantitative estimate of drug-likeness (QED) is 0.529. The van der Waals surface area contributed by atoms with E-state index in [1.54, 1.807) is 27.7 Å². The number of carbonyl (C=O) groups is 3. The van der Waals surface area contributed by atoms with E-state index in [9.17, 15) is 14.4 Å². The van der Waals surface area contributed by atoms with Crippen molar-refractivity contribution in [2.45, 2.75) is 58.8 Å². The predicted molar refractivity (Wildman–Crippen MR) is 126 cm³/mol. The van der Waals surface area contributed by atoms with Crippen LogP contribution in [0.4, 0.5) is 4.79 Å². The third-order valence-electron chi connectivity index (χ3n) is 4.72. The minimum Gasteiger partial charge on any atom is -0.460 e. The normalized spacial score (nSPS) is 12.8. The second-order valence-electron chi connectivity index (χ2n) is 9.03. The van der Waals surface area contributed by atoms with Gasteiger partial charge in [-0.2, -0.15) is 0 Å². The third-order valence-corrected chi connectivity index (χ3v) is 4.72. The summed E-state index contributed by atoms with van der Waals surface area (Å²) in [5.74, 6) is -1.26. The summed E-state index contributed by atoms with van der Waals surface area (Å²) < 4.78 is 10.6. The predicted octanol–water partition coefficient (Wildman–Crippen LogP) is 4.01. The molecule has 2 rings (SSSR count). The first-order valence-electron chi connectivity index (χ1n) is 11.1. The van der Waals surface area contributed by atoms with Gasteiger partial charge in [0.1, 0.15) is 12.2 Å². The molecule has 2 amide bonds. The van der Waals surface area contributed by atoms with Crippen LogP contribution in [0.25, 0.3) is 0 Å². The Kier molecular flexibility index (Phi) is 9.91. The monoisotopic (exact) mass is 454 g/mol. The van der Waals surface area contributed by atoms with Gasteiger partial charge in [0.15, 0.2) is 0 Å². The van der Waals surface area contributed by atoms with Crippen molar-refractivity contribution in [3.8, 4) is 0 Å². The largest absolute Gasteiger partial charge is 0.460 e. The van der Waals surface area contributed by atoms with E-state index in [4.69, 9.17) is 9.47 Å². The number of esters is 1. The minimum absolute atomic E-state index is 0.0149. The second kappa shape index (κ2) is 12.6. The average molecular weight is 455 g/mol. The first-order valence-corrected chi connectivity index (χ1v) is 11.1. The molecule has 7 nitrogen and oxygen atoms in total. The minimum atomic E-state index is -0.599. The third kappa shape index (κ3) is 10.7. The van der Waals surface area contributed by atoms with Crippen molar-refractivity contribution < 1.29 is 23.9 Å². The molecule has 0 aliphatic rings. The molecule has 0 saturated heterocycles. The molecule has 2 atom stereocenters. The van der Waals surface area contributed by atoms with Crippen LogP contribution in [0.2, 0.25) is 0 Å². The van der Waals surface area contributed by atoms with Crippen LogP contribution in [0.15, 0.2) is 60.7 Å². The molecular weight excluding hydrogens is 420 g/mol. The Labute approximate surface area is 195 Å². The molecule has 178 valence electrons. The van der Waals surface area contributed by atoms with Crippen molar-refractivity contribution in [2.24, 2.45) is 5.92 Å². The van der Waals surface area contributed by atoms with Crippen LogP contribution < -0.4 is 10.6 Å². The highest BCUT2D eigenvalue weighted by Gasteiger charge is 2.23. The first kappa shape index (κ1) is 25.9. The van der Waals surface area contributed by atoms with E-state index in [0.717, 1.165) is 11.1 Å². The molecule has 2 aromatic carbocycles. The molecule has 2 N–H and O–H groups in total. The molecule has 0 saturated carbocycles. The molecule has 0 heterocycles. The lowest BCUT2D eigenvalue weighted by molar-refractivity contribution is -0.157. The Hall–Kier alpha value is -3.35. The van der Waals surface area contributed by atoms with E-state index in [-0.39, 0.29) is 31.5 Å². The Balaban J connectivity index is 1.90. The van der Waals surface area contributed by atoms with E-state index in [1.165, 1.54) is 0 Å². The molecule has 0 radical (unpaired) electrons. The maximum atomic E-state index is 12.5. The molecule has 0 unspecified atom stereocenters. The van der Waals surface area contributed by atoms with Crippen molar-refractivity contribution in [3.05, 3.63) is 71.8 Å². The van der Waals surface area contributed by atoms with Gasteiger partial charge in [0.2, 0.25) is 5.91 Å². The van der Waals surface area contributed by atoms with Gasteiger partial charge in [-0.15, -0.1) is 0 Å². The smallest absolute Gasteiger partial charge is 0.407 e. The Morgan fingerprint density at radius 2 is 1.48 bits per heavy atom. The topological polar surface area (TPSA) is 93.7 Å². The summed E-state index contributed by atoms with van der Waals surface area (Å²) in [6.07, 6.45) is -0.0584. The number of ether oxygens (including phenoxy) is 2. The van der Waals surface area contributed by atoms with E-state index < -0.39 is 23.6 Å². The Morgan fingerprint density at radius 1 is 0.909 bits per heavy atom. The Morgan fingerprint density at radius 3 is 2.06 bits per heavy atom. The number of hydrogen-bond donors (Lipinski definition) is 2. The first-order chi connectivity index (χ1) is 15.6. The maximum absolute atomic E-state index is 12.5. The number of carbonyl (C=O) groups excluding carboxylic acids is 3. The fourth-order valence-electron chi connectivity index (χ4n) is 3.13. The van der Waals surface area contributed by atoms with Crippen LogP contribution >= 0.6 is 0 Å². The summed E-state index contributed by atoms with van der Waals surface area (Å²) in [4.78, 5) is 36.9. The van der Waals surface area contributed by atoms with Gasteiger partial charge >= 0.3 is 12.1 Å². The fourth-order valence-corrected chi connectivity index (χ4v) is 3.13. The van der Waals surface area contributed by atoms with Crippen LogP contribution in [0.3, 0.4) is 0 Å². The molecule has 7 heteroatoms. The zero-order valence-corrected chi connectivity index (χ0v) is 19.8. The fraction of sp³-hybridized carbons (Fsp3) is 0.423. The molecular formula is C26H34N2O5. The highest BCUT2D eigenvalue weighted by atomic mass is 16.6. The summed E-state index contributed by atoms with van der Waals surface area (Å²) in [6.45, 7) is 7.38. The van der Waals surface area contributed by atoms with Gasteiger partial charge in [-0.3, -0.25) is 9.59 Å². The molecule has 0 aromatic heterocycles.